The summed E-state index contributed by atoms with van der Waals surface area (Å²) in [7, 11) is 0. The lowest BCUT2D eigenvalue weighted by molar-refractivity contribution is -0.154. The second kappa shape index (κ2) is 12.9. The van der Waals surface area contributed by atoms with E-state index in [1.54, 1.807) is 19.2 Å². The molecule has 0 saturated carbocycles. The number of ether oxygens (including phenoxy) is 1. The van der Waals surface area contributed by atoms with Crippen molar-refractivity contribution in [3.63, 3.8) is 0 Å². The first-order chi connectivity index (χ1) is 17.6. The fourth-order valence-corrected chi connectivity index (χ4v) is 4.72. The number of thiazole rings is 1. The maximum atomic E-state index is 13.8. The number of ketones is 1. The van der Waals surface area contributed by atoms with Crippen molar-refractivity contribution >= 4 is 35.5 Å². The summed E-state index contributed by atoms with van der Waals surface area (Å²) in [5.74, 6) is -2.98. The minimum Gasteiger partial charge on any atom is -0.457 e. The lowest BCUT2D eigenvalue weighted by Crippen LogP contribution is -2.45. The summed E-state index contributed by atoms with van der Waals surface area (Å²) in [6.07, 6.45) is -4.06. The Balaban J connectivity index is 2.51. The highest BCUT2D eigenvalue weighted by molar-refractivity contribution is 7.11. The molecule has 1 aromatic heterocycles. The Bertz CT molecular complexity index is 1100. The molecular weight excluding hydrogens is 523 g/mol. The highest BCUT2D eigenvalue weighted by Gasteiger charge is 2.42. The highest BCUT2D eigenvalue weighted by Crippen LogP contribution is 2.33. The topological polar surface area (TPSA) is 114 Å². The summed E-state index contributed by atoms with van der Waals surface area (Å²) < 4.78 is 46.8. The van der Waals surface area contributed by atoms with Gasteiger partial charge in [0.2, 0.25) is 0 Å². The Morgan fingerprint density at radius 2 is 1.89 bits per heavy atom. The van der Waals surface area contributed by atoms with Crippen LogP contribution in [0.3, 0.4) is 0 Å². The van der Waals surface area contributed by atoms with E-state index in [2.05, 4.69) is 4.98 Å². The zero-order chi connectivity index (χ0) is 28.8. The molecule has 2 rings (SSSR count). The molecule has 1 aliphatic heterocycles. The summed E-state index contributed by atoms with van der Waals surface area (Å²) in [5.41, 5.74) is -1.51. The molecule has 0 fully saturated rings. The van der Waals surface area contributed by atoms with Gasteiger partial charge in [-0.1, -0.05) is 45.9 Å². The van der Waals surface area contributed by atoms with E-state index in [9.17, 15) is 37.8 Å². The maximum Gasteiger partial charge on any atom is 0.412 e. The molecule has 0 saturated heterocycles. The van der Waals surface area contributed by atoms with Gasteiger partial charge in [-0.2, -0.15) is 13.2 Å². The highest BCUT2D eigenvalue weighted by atomic mass is 32.1. The second-order valence-corrected chi connectivity index (χ2v) is 11.0. The number of hydrogen-bond donors (Lipinski definition) is 2. The van der Waals surface area contributed by atoms with Gasteiger partial charge in [0, 0.05) is 29.2 Å². The molecule has 2 N–H and O–H groups in total. The predicted molar refractivity (Wildman–Crippen MR) is 137 cm³/mol. The van der Waals surface area contributed by atoms with Crippen LogP contribution in [0.4, 0.5) is 13.2 Å². The zero-order valence-corrected chi connectivity index (χ0v) is 22.8. The molecule has 1 aliphatic rings. The van der Waals surface area contributed by atoms with Crippen LogP contribution in [0.2, 0.25) is 0 Å². The molecule has 0 aromatic carbocycles. The van der Waals surface area contributed by atoms with Crippen LogP contribution in [0.5, 0.6) is 0 Å². The third kappa shape index (κ3) is 8.18. The molecule has 210 valence electrons. The molecule has 0 spiro atoms. The normalized spacial score (nSPS) is 30.7. The van der Waals surface area contributed by atoms with E-state index in [-0.39, 0.29) is 11.4 Å². The molecule has 1 unspecified atom stereocenters. The first kappa shape index (κ1) is 31.6. The largest absolute Gasteiger partial charge is 0.457 e. The smallest absolute Gasteiger partial charge is 0.412 e. The van der Waals surface area contributed by atoms with Crippen molar-refractivity contribution in [3.05, 3.63) is 45.5 Å². The van der Waals surface area contributed by atoms with Crippen LogP contribution in [0.1, 0.15) is 69.4 Å². The molecule has 7 nitrogen and oxygen atoms in total. The molecule has 2 heterocycles. The number of aliphatic hydroxyl groups excluding tert-OH is 2. The number of esters is 1. The Labute approximate surface area is 224 Å². The Morgan fingerprint density at radius 1 is 1.24 bits per heavy atom. The van der Waals surface area contributed by atoms with Crippen LogP contribution in [-0.2, 0) is 14.3 Å². The number of aromatic nitrogens is 1. The van der Waals surface area contributed by atoms with Gasteiger partial charge in [-0.05, 0) is 25.0 Å². The quantitative estimate of drug-likeness (QED) is 0.302. The molecule has 0 radical (unpaired) electrons. The summed E-state index contributed by atoms with van der Waals surface area (Å²) in [6.45, 7) is 7.56. The number of Topliss-reactive ketones (excluding diaryl/α,β-unsaturated/α-hetero) is 1. The number of alkyl halides is 3. The van der Waals surface area contributed by atoms with Crippen molar-refractivity contribution in [1.82, 2.24) is 4.98 Å². The fraction of sp³-hybridized carbons (Fsp3) is 0.556. The van der Waals surface area contributed by atoms with E-state index in [4.69, 9.17) is 4.74 Å². The van der Waals surface area contributed by atoms with E-state index < -0.39 is 71.9 Å². The average molecular weight is 558 g/mol. The minimum atomic E-state index is -4.65. The van der Waals surface area contributed by atoms with Crippen molar-refractivity contribution < 1.29 is 42.5 Å². The maximum absolute atomic E-state index is 13.8. The van der Waals surface area contributed by atoms with E-state index in [1.807, 2.05) is 0 Å². The number of cyclic esters (lactones) is 1. The van der Waals surface area contributed by atoms with Gasteiger partial charge in [0.15, 0.2) is 11.3 Å². The van der Waals surface area contributed by atoms with Crippen molar-refractivity contribution in [2.24, 2.45) is 17.3 Å². The SMILES string of the molecule is C/C(=C\c1csc(C=O)n1)[C@@H]1C/C=C(/C(F)(F)F)C/C=C/[C@H](C)[C@H](O)[C@@H](C)C(=O)C(C)(C)C(O)CC(=O)O1. The number of allylic oxidation sites excluding steroid dienone is 2. The van der Waals surface area contributed by atoms with Crippen molar-refractivity contribution in [2.45, 2.75) is 78.4 Å². The Morgan fingerprint density at radius 3 is 2.47 bits per heavy atom. The zero-order valence-electron chi connectivity index (χ0n) is 22.0. The molecule has 0 amide bonds. The van der Waals surface area contributed by atoms with Crippen LogP contribution in [0.15, 0.2) is 34.8 Å². The van der Waals surface area contributed by atoms with Crippen molar-refractivity contribution in [3.8, 4) is 0 Å². The summed E-state index contributed by atoms with van der Waals surface area (Å²) in [4.78, 5) is 40.9. The predicted octanol–water partition coefficient (Wildman–Crippen LogP) is 5.09. The van der Waals surface area contributed by atoms with Gasteiger partial charge in [0.05, 0.1) is 29.7 Å². The minimum absolute atomic E-state index is 0.216. The van der Waals surface area contributed by atoms with Gasteiger partial charge in [0.1, 0.15) is 11.9 Å². The number of halogens is 3. The number of aliphatic hydroxyl groups is 2. The Kier molecular flexibility index (Phi) is 10.8. The molecule has 1 aromatic rings. The Hall–Kier alpha value is -2.63. The van der Waals surface area contributed by atoms with Gasteiger partial charge in [-0.15, -0.1) is 11.3 Å². The molecule has 38 heavy (non-hydrogen) atoms. The molecule has 0 bridgehead atoms. The number of aldehydes is 1. The first-order valence-corrected chi connectivity index (χ1v) is 13.1. The van der Waals surface area contributed by atoms with Gasteiger partial charge >= 0.3 is 12.1 Å². The van der Waals surface area contributed by atoms with E-state index >= 15 is 0 Å². The number of rotatable bonds is 3. The molecule has 0 aliphatic carbocycles. The van der Waals surface area contributed by atoms with Gasteiger partial charge in [-0.25, -0.2) is 4.98 Å². The van der Waals surface area contributed by atoms with Crippen LogP contribution in [-0.4, -0.2) is 57.7 Å². The molecular formula is C27H34F3NO6S. The summed E-state index contributed by atoms with van der Waals surface area (Å²) >= 11 is 1.09. The second-order valence-electron chi connectivity index (χ2n) is 10.1. The monoisotopic (exact) mass is 557 g/mol. The van der Waals surface area contributed by atoms with Crippen LogP contribution in [0.25, 0.3) is 6.08 Å². The van der Waals surface area contributed by atoms with Gasteiger partial charge in [0.25, 0.3) is 0 Å². The first-order valence-electron chi connectivity index (χ1n) is 12.2. The van der Waals surface area contributed by atoms with E-state index in [1.165, 1.54) is 39.0 Å². The summed E-state index contributed by atoms with van der Waals surface area (Å²) in [5, 5.41) is 23.2. The van der Waals surface area contributed by atoms with Crippen molar-refractivity contribution in [2.75, 3.05) is 0 Å². The van der Waals surface area contributed by atoms with Crippen LogP contribution >= 0.6 is 11.3 Å². The van der Waals surface area contributed by atoms with E-state index in [0.717, 1.165) is 17.4 Å². The fourth-order valence-electron chi connectivity index (χ4n) is 4.14. The lowest BCUT2D eigenvalue weighted by atomic mass is 9.73. The average Bonchev–Trinajstić information content (AvgIpc) is 3.29. The summed E-state index contributed by atoms with van der Waals surface area (Å²) in [6, 6.07) is 0. The number of nitrogens with zero attached hydrogens (tertiary/aromatic N) is 1. The van der Waals surface area contributed by atoms with E-state index in [0.29, 0.717) is 17.6 Å². The third-order valence-corrected chi connectivity index (χ3v) is 7.60. The lowest BCUT2D eigenvalue weighted by Gasteiger charge is -2.34. The van der Waals surface area contributed by atoms with Gasteiger partial charge < -0.3 is 14.9 Å². The standard InChI is InChI=1S/C27H34F3NO6S/c1-15-7-6-8-18(27(28,29)30)9-10-20(16(2)11-19-14-38-22(13-32)31-19)37-23(34)12-21(33)26(4,5)25(36)17(3)24(15)35/h6-7,9,11,13-15,17,20-21,24,33,35H,8,10,12H2,1-5H3/b7-6+,16-11+,18-9+/t15-,17+,20-,21?,24-/m0/s1. The molecule has 11 heteroatoms. The number of carbonyl (C=O) groups is 3. The number of carbonyl (C=O) groups excluding carboxylic acids is 3. The van der Waals surface area contributed by atoms with Gasteiger partial charge in [-0.3, -0.25) is 14.4 Å². The third-order valence-electron chi connectivity index (χ3n) is 6.81. The van der Waals surface area contributed by atoms with Crippen LogP contribution < -0.4 is 0 Å². The molecule has 5 atom stereocenters. The number of hydrogen-bond acceptors (Lipinski definition) is 8. The van der Waals surface area contributed by atoms with Crippen molar-refractivity contribution in [1.29, 1.82) is 0 Å². The van der Waals surface area contributed by atoms with Crippen LogP contribution in [0, 0.1) is 17.3 Å².